The molecule has 2 fully saturated rings. The maximum Gasteiger partial charge on any atom is 0.0645 e. The number of rotatable bonds is 3. The molecule has 0 unspecified atom stereocenters. The van der Waals surface area contributed by atoms with Gasteiger partial charge in [0.1, 0.15) is 0 Å². The van der Waals surface area contributed by atoms with Crippen LogP contribution in [0, 0.1) is 0 Å². The number of hydrogen-bond acceptors (Lipinski definition) is 4. The maximum atomic E-state index is 5.98. The largest absolute Gasteiger partial charge is 0.378 e. The third-order valence-corrected chi connectivity index (χ3v) is 3.15. The maximum absolute atomic E-state index is 5.98. The van der Waals surface area contributed by atoms with Crippen molar-refractivity contribution < 1.29 is 9.47 Å². The van der Waals surface area contributed by atoms with Crippen molar-refractivity contribution in [3.8, 4) is 0 Å². The number of ether oxygens (including phenoxy) is 2. The summed E-state index contributed by atoms with van der Waals surface area (Å²) in [7, 11) is 0. The molecule has 2 N–H and O–H groups in total. The zero-order chi connectivity index (χ0) is 9.97. The van der Waals surface area contributed by atoms with Gasteiger partial charge in [-0.2, -0.15) is 0 Å². The van der Waals surface area contributed by atoms with Crippen LogP contribution in [0.15, 0.2) is 0 Å². The number of fused-ring (bicyclic) bond motifs is 2. The van der Waals surface area contributed by atoms with Crippen LogP contribution in [-0.2, 0) is 9.47 Å². The zero-order valence-electron chi connectivity index (χ0n) is 8.82. The van der Waals surface area contributed by atoms with E-state index in [1.807, 2.05) is 0 Å². The van der Waals surface area contributed by atoms with Crippen LogP contribution < -0.4 is 5.73 Å². The van der Waals surface area contributed by atoms with E-state index < -0.39 is 0 Å². The number of hydrogen-bond donors (Lipinski definition) is 1. The van der Waals surface area contributed by atoms with Crippen molar-refractivity contribution in [1.82, 2.24) is 4.90 Å². The SMILES string of the molecule is CC[C@H](N)CN1C2COCC1COC2. The molecule has 0 radical (unpaired) electrons. The summed E-state index contributed by atoms with van der Waals surface area (Å²) in [5.74, 6) is 0. The highest BCUT2D eigenvalue weighted by atomic mass is 16.5. The third kappa shape index (κ3) is 2.08. The van der Waals surface area contributed by atoms with Gasteiger partial charge >= 0.3 is 0 Å². The second kappa shape index (κ2) is 4.57. The first-order valence-corrected chi connectivity index (χ1v) is 5.48. The summed E-state index contributed by atoms with van der Waals surface area (Å²) in [6, 6.07) is 1.15. The van der Waals surface area contributed by atoms with Crippen molar-refractivity contribution in [2.24, 2.45) is 5.73 Å². The monoisotopic (exact) mass is 200 g/mol. The van der Waals surface area contributed by atoms with E-state index in [4.69, 9.17) is 15.2 Å². The molecular weight excluding hydrogens is 180 g/mol. The average molecular weight is 200 g/mol. The van der Waals surface area contributed by atoms with Crippen molar-refractivity contribution in [3.05, 3.63) is 0 Å². The van der Waals surface area contributed by atoms with E-state index in [0.29, 0.717) is 12.1 Å². The lowest BCUT2D eigenvalue weighted by Crippen LogP contribution is -2.61. The fourth-order valence-corrected chi connectivity index (χ4v) is 2.16. The minimum atomic E-state index is 0.288. The number of morpholine rings is 2. The van der Waals surface area contributed by atoms with E-state index in [1.54, 1.807) is 0 Å². The van der Waals surface area contributed by atoms with Crippen molar-refractivity contribution >= 4 is 0 Å². The Morgan fingerprint density at radius 2 is 1.71 bits per heavy atom. The lowest BCUT2D eigenvalue weighted by Gasteiger charge is -2.46. The van der Waals surface area contributed by atoms with Gasteiger partial charge in [0.15, 0.2) is 0 Å². The molecule has 0 aromatic heterocycles. The Labute approximate surface area is 85.3 Å². The smallest absolute Gasteiger partial charge is 0.0645 e. The van der Waals surface area contributed by atoms with E-state index in [-0.39, 0.29) is 6.04 Å². The predicted molar refractivity (Wildman–Crippen MR) is 54.2 cm³/mol. The van der Waals surface area contributed by atoms with Crippen LogP contribution >= 0.6 is 0 Å². The molecular formula is C10H20N2O2. The third-order valence-electron chi connectivity index (χ3n) is 3.15. The van der Waals surface area contributed by atoms with Crippen molar-refractivity contribution in [2.45, 2.75) is 31.5 Å². The highest BCUT2D eigenvalue weighted by Crippen LogP contribution is 2.19. The van der Waals surface area contributed by atoms with E-state index in [0.717, 1.165) is 39.4 Å². The lowest BCUT2D eigenvalue weighted by atomic mass is 10.1. The summed E-state index contributed by atoms with van der Waals surface area (Å²) in [6.45, 7) is 6.32. The van der Waals surface area contributed by atoms with Crippen LogP contribution in [0.3, 0.4) is 0 Å². The molecule has 2 bridgehead atoms. The first-order chi connectivity index (χ1) is 6.81. The second-order valence-corrected chi connectivity index (χ2v) is 4.25. The Morgan fingerprint density at radius 1 is 1.21 bits per heavy atom. The first-order valence-electron chi connectivity index (χ1n) is 5.48. The van der Waals surface area contributed by atoms with Gasteiger partial charge in [0.05, 0.1) is 38.5 Å². The van der Waals surface area contributed by atoms with Crippen molar-refractivity contribution in [3.63, 3.8) is 0 Å². The van der Waals surface area contributed by atoms with Crippen LogP contribution in [0.4, 0.5) is 0 Å². The van der Waals surface area contributed by atoms with Gasteiger partial charge in [0, 0.05) is 12.6 Å². The standard InChI is InChI=1S/C10H20N2O2/c1-2-8(11)3-12-9-4-13-6-10(12)7-14-5-9/h8-10H,2-7,11H2,1H3/t8-,9?,10?/m0/s1. The molecule has 0 saturated carbocycles. The molecule has 1 atom stereocenters. The molecule has 2 heterocycles. The molecule has 2 aliphatic heterocycles. The first kappa shape index (κ1) is 10.4. The Kier molecular flexibility index (Phi) is 3.38. The number of nitrogens with zero attached hydrogens (tertiary/aromatic N) is 1. The van der Waals surface area contributed by atoms with Gasteiger partial charge in [-0.25, -0.2) is 0 Å². The summed E-state index contributed by atoms with van der Waals surface area (Å²) in [5.41, 5.74) is 5.98. The quantitative estimate of drug-likeness (QED) is 0.687. The highest BCUT2D eigenvalue weighted by Gasteiger charge is 2.35. The van der Waals surface area contributed by atoms with E-state index >= 15 is 0 Å². The summed E-state index contributed by atoms with van der Waals surface area (Å²) < 4.78 is 11.0. The van der Waals surface area contributed by atoms with Gasteiger partial charge in [-0.05, 0) is 6.42 Å². The fraction of sp³-hybridized carbons (Fsp3) is 1.00. The van der Waals surface area contributed by atoms with Crippen LogP contribution in [0.25, 0.3) is 0 Å². The summed E-state index contributed by atoms with van der Waals surface area (Å²) >= 11 is 0. The van der Waals surface area contributed by atoms with Gasteiger partial charge in [-0.1, -0.05) is 6.92 Å². The fourth-order valence-electron chi connectivity index (χ4n) is 2.16. The lowest BCUT2D eigenvalue weighted by molar-refractivity contribution is -0.138. The number of nitrogens with two attached hydrogens (primary N) is 1. The molecule has 0 aromatic rings. The molecule has 4 heteroatoms. The topological polar surface area (TPSA) is 47.7 Å². The van der Waals surface area contributed by atoms with Crippen molar-refractivity contribution in [1.29, 1.82) is 0 Å². The molecule has 2 saturated heterocycles. The normalized spacial score (nSPS) is 35.6. The zero-order valence-corrected chi connectivity index (χ0v) is 8.82. The van der Waals surface area contributed by atoms with Crippen LogP contribution in [0.2, 0.25) is 0 Å². The van der Waals surface area contributed by atoms with Gasteiger partial charge in [-0.15, -0.1) is 0 Å². The predicted octanol–water partition coefficient (Wildman–Crippen LogP) is -0.177. The minimum Gasteiger partial charge on any atom is -0.378 e. The second-order valence-electron chi connectivity index (χ2n) is 4.25. The summed E-state index contributed by atoms with van der Waals surface area (Å²) in [4.78, 5) is 2.47. The molecule has 0 aliphatic carbocycles. The van der Waals surface area contributed by atoms with Crippen LogP contribution in [0.1, 0.15) is 13.3 Å². The Bertz CT molecular complexity index is 167. The van der Waals surface area contributed by atoms with E-state index in [9.17, 15) is 0 Å². The highest BCUT2D eigenvalue weighted by molar-refractivity contribution is 4.88. The molecule has 0 aromatic carbocycles. The molecule has 4 nitrogen and oxygen atoms in total. The Balaban J connectivity index is 1.94. The van der Waals surface area contributed by atoms with Gasteiger partial charge in [0.25, 0.3) is 0 Å². The Hall–Kier alpha value is -0.160. The van der Waals surface area contributed by atoms with E-state index in [2.05, 4.69) is 11.8 Å². The van der Waals surface area contributed by atoms with Gasteiger partial charge in [0.2, 0.25) is 0 Å². The van der Waals surface area contributed by atoms with Crippen LogP contribution in [0.5, 0.6) is 0 Å². The Morgan fingerprint density at radius 3 is 2.14 bits per heavy atom. The molecule has 82 valence electrons. The molecule has 2 rings (SSSR count). The molecule has 2 aliphatic rings. The minimum absolute atomic E-state index is 0.288. The average Bonchev–Trinajstić information content (AvgIpc) is 2.17. The van der Waals surface area contributed by atoms with Crippen LogP contribution in [-0.4, -0.2) is 56.0 Å². The molecule has 0 amide bonds. The van der Waals surface area contributed by atoms with Gasteiger partial charge in [-0.3, -0.25) is 4.90 Å². The summed E-state index contributed by atoms with van der Waals surface area (Å²) in [6.07, 6.45) is 1.04. The van der Waals surface area contributed by atoms with E-state index in [1.165, 1.54) is 0 Å². The van der Waals surface area contributed by atoms with Crippen molar-refractivity contribution in [2.75, 3.05) is 33.0 Å². The molecule has 14 heavy (non-hydrogen) atoms. The summed E-state index contributed by atoms with van der Waals surface area (Å²) in [5, 5.41) is 0. The van der Waals surface area contributed by atoms with Gasteiger partial charge < -0.3 is 15.2 Å². The molecule has 0 spiro atoms.